The van der Waals surface area contributed by atoms with Gasteiger partial charge in [-0.3, -0.25) is 0 Å². The van der Waals surface area contributed by atoms with E-state index < -0.39 is 6.10 Å². The summed E-state index contributed by atoms with van der Waals surface area (Å²) in [4.78, 5) is 0. The van der Waals surface area contributed by atoms with Crippen LogP contribution in [0.15, 0.2) is 0 Å². The average Bonchev–Trinajstić information content (AvgIpc) is 2.11. The van der Waals surface area contributed by atoms with Gasteiger partial charge in [0.1, 0.15) is 0 Å². The zero-order valence-electron chi connectivity index (χ0n) is 11.3. The summed E-state index contributed by atoms with van der Waals surface area (Å²) in [6.45, 7) is 11.3. The summed E-state index contributed by atoms with van der Waals surface area (Å²) in [7, 11) is 0. The first-order valence-electron chi connectivity index (χ1n) is 6.37. The lowest BCUT2D eigenvalue weighted by atomic mass is 9.78. The molecule has 2 unspecified atom stereocenters. The van der Waals surface area contributed by atoms with Gasteiger partial charge in [-0.15, -0.1) is 0 Å². The third kappa shape index (κ3) is 3.44. The Balaban J connectivity index is 2.60. The molecule has 0 aliphatic carbocycles. The minimum Gasteiger partial charge on any atom is -0.389 e. The average molecular weight is 229 g/mol. The smallest absolute Gasteiger partial charge is 0.0978 e. The molecule has 1 rings (SSSR count). The van der Waals surface area contributed by atoms with Crippen LogP contribution in [-0.4, -0.2) is 35.0 Å². The zero-order valence-corrected chi connectivity index (χ0v) is 11.3. The highest BCUT2D eigenvalue weighted by Gasteiger charge is 2.45. The van der Waals surface area contributed by atoms with E-state index in [1.54, 1.807) is 0 Å². The van der Waals surface area contributed by atoms with Gasteiger partial charge in [0.2, 0.25) is 0 Å². The van der Waals surface area contributed by atoms with Gasteiger partial charge in [0.15, 0.2) is 0 Å². The first kappa shape index (κ1) is 13.9. The van der Waals surface area contributed by atoms with E-state index in [1.807, 2.05) is 13.8 Å². The summed E-state index contributed by atoms with van der Waals surface area (Å²) in [5, 5.41) is 13.7. The van der Waals surface area contributed by atoms with Gasteiger partial charge < -0.3 is 15.2 Å². The van der Waals surface area contributed by atoms with Crippen LogP contribution >= 0.6 is 0 Å². The third-order valence-corrected chi connectivity index (χ3v) is 3.29. The summed E-state index contributed by atoms with van der Waals surface area (Å²) in [6.07, 6.45) is 2.59. The normalized spacial score (nSPS) is 32.6. The third-order valence-electron chi connectivity index (χ3n) is 3.29. The van der Waals surface area contributed by atoms with Gasteiger partial charge in [-0.2, -0.15) is 0 Å². The van der Waals surface area contributed by atoms with Gasteiger partial charge >= 0.3 is 0 Å². The second-order valence-electron chi connectivity index (χ2n) is 6.14. The lowest BCUT2D eigenvalue weighted by Crippen LogP contribution is -2.67. The maximum absolute atomic E-state index is 10.2. The molecule has 1 aliphatic rings. The molecule has 96 valence electrons. The predicted octanol–water partition coefficient (Wildman–Crippen LogP) is 2.08. The Morgan fingerprint density at radius 2 is 1.94 bits per heavy atom. The van der Waals surface area contributed by atoms with Crippen molar-refractivity contribution < 1.29 is 9.84 Å². The fourth-order valence-electron chi connectivity index (χ4n) is 2.61. The number of aliphatic hydroxyl groups is 1. The molecule has 0 spiro atoms. The van der Waals surface area contributed by atoms with E-state index in [0.717, 1.165) is 25.9 Å². The Bertz CT molecular complexity index is 226. The van der Waals surface area contributed by atoms with Gasteiger partial charge in [-0.25, -0.2) is 0 Å². The number of hydrogen-bond donors (Lipinski definition) is 2. The van der Waals surface area contributed by atoms with E-state index in [0.29, 0.717) is 0 Å². The van der Waals surface area contributed by atoms with Crippen molar-refractivity contribution in [3.63, 3.8) is 0 Å². The molecule has 3 nitrogen and oxygen atoms in total. The molecule has 2 atom stereocenters. The number of ether oxygens (including phenoxy) is 1. The topological polar surface area (TPSA) is 41.5 Å². The Hall–Kier alpha value is -0.120. The van der Waals surface area contributed by atoms with Crippen LogP contribution in [0.25, 0.3) is 0 Å². The van der Waals surface area contributed by atoms with Crippen LogP contribution < -0.4 is 5.32 Å². The van der Waals surface area contributed by atoms with E-state index in [2.05, 4.69) is 26.1 Å². The van der Waals surface area contributed by atoms with Gasteiger partial charge in [0.25, 0.3) is 0 Å². The number of rotatable bonds is 4. The lowest BCUT2D eigenvalue weighted by Gasteiger charge is -2.49. The number of aliphatic hydroxyl groups excluding tert-OH is 1. The van der Waals surface area contributed by atoms with Crippen LogP contribution in [0.3, 0.4) is 0 Å². The van der Waals surface area contributed by atoms with E-state index >= 15 is 0 Å². The molecule has 0 aromatic rings. The summed E-state index contributed by atoms with van der Waals surface area (Å²) in [5.41, 5.74) is -0.252. The number of piperidine rings is 1. The monoisotopic (exact) mass is 229 g/mol. The molecule has 0 aromatic carbocycles. The predicted molar refractivity (Wildman–Crippen MR) is 66.6 cm³/mol. The molecule has 3 heteroatoms. The van der Waals surface area contributed by atoms with Crippen LogP contribution in [0.4, 0.5) is 0 Å². The van der Waals surface area contributed by atoms with Crippen molar-refractivity contribution in [2.45, 2.75) is 77.2 Å². The molecule has 1 saturated heterocycles. The molecule has 0 amide bonds. The van der Waals surface area contributed by atoms with Crippen molar-refractivity contribution in [2.24, 2.45) is 0 Å². The first-order chi connectivity index (χ1) is 7.28. The van der Waals surface area contributed by atoms with Crippen LogP contribution in [0.1, 0.15) is 53.9 Å². The SMILES string of the molecule is CCCCOC1CC(C)(C)NC(C)(C)C1O. The number of hydrogen-bond acceptors (Lipinski definition) is 3. The van der Waals surface area contributed by atoms with Crippen LogP contribution in [0.2, 0.25) is 0 Å². The molecular weight excluding hydrogens is 202 g/mol. The van der Waals surface area contributed by atoms with E-state index in [1.165, 1.54) is 0 Å². The standard InChI is InChI=1S/C13H27NO2/c1-6-7-8-16-10-9-12(2,3)14-13(4,5)11(10)15/h10-11,14-15H,6-9H2,1-5H3. The van der Waals surface area contributed by atoms with Crippen molar-refractivity contribution in [1.82, 2.24) is 5.32 Å². The van der Waals surface area contributed by atoms with Crippen molar-refractivity contribution in [3.05, 3.63) is 0 Å². The molecule has 0 bridgehead atoms. The fraction of sp³-hybridized carbons (Fsp3) is 1.00. The Morgan fingerprint density at radius 1 is 1.31 bits per heavy atom. The van der Waals surface area contributed by atoms with Crippen LogP contribution in [0, 0.1) is 0 Å². The molecular formula is C13H27NO2. The van der Waals surface area contributed by atoms with Crippen LogP contribution in [0.5, 0.6) is 0 Å². The summed E-state index contributed by atoms with van der Waals surface area (Å²) in [6, 6.07) is 0. The minimum absolute atomic E-state index is 0.0274. The van der Waals surface area contributed by atoms with Gasteiger partial charge in [-0.05, 0) is 40.5 Å². The Morgan fingerprint density at radius 3 is 2.50 bits per heavy atom. The molecule has 16 heavy (non-hydrogen) atoms. The molecule has 1 aliphatic heterocycles. The highest BCUT2D eigenvalue weighted by Crippen LogP contribution is 2.30. The summed E-state index contributed by atoms with van der Waals surface area (Å²) in [5.74, 6) is 0. The van der Waals surface area contributed by atoms with E-state index in [9.17, 15) is 5.11 Å². The lowest BCUT2D eigenvalue weighted by molar-refractivity contribution is -0.114. The Labute approximate surface area is 99.6 Å². The molecule has 0 aromatic heterocycles. The maximum atomic E-state index is 10.2. The highest BCUT2D eigenvalue weighted by molar-refractivity contribution is 5.03. The minimum atomic E-state index is -0.433. The fourth-order valence-corrected chi connectivity index (χ4v) is 2.61. The zero-order chi connectivity index (χ0) is 12.4. The first-order valence-corrected chi connectivity index (χ1v) is 6.37. The molecule has 0 radical (unpaired) electrons. The number of nitrogens with one attached hydrogen (secondary N) is 1. The summed E-state index contributed by atoms with van der Waals surface area (Å²) < 4.78 is 5.82. The second kappa shape index (κ2) is 5.03. The van der Waals surface area contributed by atoms with Gasteiger partial charge in [0, 0.05) is 17.7 Å². The van der Waals surface area contributed by atoms with Crippen molar-refractivity contribution in [1.29, 1.82) is 0 Å². The number of unbranched alkanes of at least 4 members (excludes halogenated alkanes) is 1. The molecule has 1 heterocycles. The van der Waals surface area contributed by atoms with E-state index in [4.69, 9.17) is 4.74 Å². The summed E-state index contributed by atoms with van der Waals surface area (Å²) >= 11 is 0. The van der Waals surface area contributed by atoms with E-state index in [-0.39, 0.29) is 17.2 Å². The maximum Gasteiger partial charge on any atom is 0.0978 e. The molecule has 0 saturated carbocycles. The van der Waals surface area contributed by atoms with Gasteiger partial charge in [0.05, 0.1) is 12.2 Å². The van der Waals surface area contributed by atoms with Crippen LogP contribution in [-0.2, 0) is 4.74 Å². The largest absolute Gasteiger partial charge is 0.389 e. The Kier molecular flexibility index (Phi) is 4.38. The van der Waals surface area contributed by atoms with Crippen molar-refractivity contribution >= 4 is 0 Å². The second-order valence-corrected chi connectivity index (χ2v) is 6.14. The van der Waals surface area contributed by atoms with Crippen molar-refractivity contribution in [3.8, 4) is 0 Å². The highest BCUT2D eigenvalue weighted by atomic mass is 16.5. The van der Waals surface area contributed by atoms with Gasteiger partial charge in [-0.1, -0.05) is 13.3 Å². The quantitative estimate of drug-likeness (QED) is 0.725. The molecule has 2 N–H and O–H groups in total. The molecule has 1 fully saturated rings. The van der Waals surface area contributed by atoms with Crippen molar-refractivity contribution in [2.75, 3.05) is 6.61 Å².